The number of nitrogens with zero attached hydrogens (tertiary/aromatic N) is 1. The molecule has 0 bridgehead atoms. The number of hydrogen-bond acceptors (Lipinski definition) is 2. The van der Waals surface area contributed by atoms with Gasteiger partial charge in [-0.2, -0.15) is 0 Å². The summed E-state index contributed by atoms with van der Waals surface area (Å²) in [5, 5.41) is 8.66. The minimum absolute atomic E-state index is 0.434. The van der Waals surface area contributed by atoms with Gasteiger partial charge >= 0.3 is 11.9 Å². The zero-order valence-corrected chi connectivity index (χ0v) is 10.4. The quantitative estimate of drug-likeness (QED) is 0.770. The Morgan fingerprint density at radius 1 is 1.17 bits per heavy atom. The Labute approximate surface area is 106 Å². The van der Waals surface area contributed by atoms with E-state index < -0.39 is 11.9 Å². The van der Waals surface area contributed by atoms with Crippen LogP contribution in [-0.4, -0.2) is 35.0 Å². The molecule has 0 spiro atoms. The highest BCUT2D eigenvalue weighted by atomic mass is 16.4. The molecule has 4 heteroatoms. The fourth-order valence-corrected chi connectivity index (χ4v) is 2.39. The molecule has 1 amide bonds. The predicted molar refractivity (Wildman–Crippen MR) is 67.4 cm³/mol. The molecular weight excluding hydrogens is 230 g/mol. The van der Waals surface area contributed by atoms with E-state index in [4.69, 9.17) is 5.11 Å². The van der Waals surface area contributed by atoms with Crippen molar-refractivity contribution in [3.63, 3.8) is 0 Å². The van der Waals surface area contributed by atoms with Crippen molar-refractivity contribution in [3.05, 3.63) is 35.4 Å². The molecule has 96 valence electrons. The van der Waals surface area contributed by atoms with Crippen molar-refractivity contribution in [1.82, 2.24) is 4.90 Å². The van der Waals surface area contributed by atoms with Crippen molar-refractivity contribution in [3.8, 4) is 0 Å². The van der Waals surface area contributed by atoms with Gasteiger partial charge in [0.1, 0.15) is 0 Å². The summed E-state index contributed by atoms with van der Waals surface area (Å²) in [5.41, 5.74) is 2.51. The second kappa shape index (κ2) is 5.21. The van der Waals surface area contributed by atoms with Crippen LogP contribution in [0.25, 0.3) is 0 Å². The lowest BCUT2D eigenvalue weighted by Crippen LogP contribution is -2.41. The SMILES string of the molecule is Cc1ccc(C2CCN(C(=O)C(=O)O)CC2)cc1. The summed E-state index contributed by atoms with van der Waals surface area (Å²) >= 11 is 0. The molecule has 1 heterocycles. The summed E-state index contributed by atoms with van der Waals surface area (Å²) in [5.74, 6) is -1.70. The zero-order valence-electron chi connectivity index (χ0n) is 10.4. The molecule has 0 unspecified atom stereocenters. The van der Waals surface area contributed by atoms with Gasteiger partial charge in [-0.25, -0.2) is 4.79 Å². The first kappa shape index (κ1) is 12.6. The summed E-state index contributed by atoms with van der Waals surface area (Å²) in [6, 6.07) is 8.41. The summed E-state index contributed by atoms with van der Waals surface area (Å²) in [4.78, 5) is 23.3. The third-order valence-corrected chi connectivity index (χ3v) is 3.51. The maximum atomic E-state index is 11.3. The van der Waals surface area contributed by atoms with Crippen LogP contribution >= 0.6 is 0 Å². The van der Waals surface area contributed by atoms with Crippen molar-refractivity contribution in [2.24, 2.45) is 0 Å². The average molecular weight is 247 g/mol. The molecule has 1 aromatic carbocycles. The third-order valence-electron chi connectivity index (χ3n) is 3.51. The van der Waals surface area contributed by atoms with Crippen LogP contribution in [0, 0.1) is 6.92 Å². The molecule has 1 saturated heterocycles. The lowest BCUT2D eigenvalue weighted by molar-refractivity contribution is -0.156. The molecule has 1 aromatic rings. The lowest BCUT2D eigenvalue weighted by Gasteiger charge is -2.31. The Kier molecular flexibility index (Phi) is 3.65. The van der Waals surface area contributed by atoms with Gasteiger partial charge in [0.15, 0.2) is 0 Å². The second-order valence-electron chi connectivity index (χ2n) is 4.78. The molecule has 18 heavy (non-hydrogen) atoms. The Morgan fingerprint density at radius 3 is 2.22 bits per heavy atom. The lowest BCUT2D eigenvalue weighted by atomic mass is 9.89. The molecule has 1 N–H and O–H groups in total. The Bertz CT molecular complexity index is 445. The number of amides is 1. The highest BCUT2D eigenvalue weighted by Crippen LogP contribution is 2.28. The Balaban J connectivity index is 1.96. The number of carbonyl (C=O) groups excluding carboxylic acids is 1. The number of benzene rings is 1. The maximum Gasteiger partial charge on any atom is 0.394 e. The van der Waals surface area contributed by atoms with E-state index >= 15 is 0 Å². The van der Waals surface area contributed by atoms with Gasteiger partial charge in [-0.15, -0.1) is 0 Å². The van der Waals surface area contributed by atoms with Crippen LogP contribution in [0.3, 0.4) is 0 Å². The molecule has 0 aliphatic carbocycles. The minimum atomic E-state index is -1.36. The number of aliphatic carboxylic acids is 1. The normalized spacial score (nSPS) is 16.6. The number of aryl methyl sites for hydroxylation is 1. The zero-order chi connectivity index (χ0) is 13.1. The number of likely N-dealkylation sites (tertiary alicyclic amines) is 1. The first-order valence-corrected chi connectivity index (χ1v) is 6.16. The van der Waals surface area contributed by atoms with Crippen molar-refractivity contribution in [1.29, 1.82) is 0 Å². The predicted octanol–water partition coefficient (Wildman–Crippen LogP) is 1.79. The number of carboxylic acids is 1. The van der Waals surface area contributed by atoms with Crippen molar-refractivity contribution in [2.45, 2.75) is 25.7 Å². The fourth-order valence-electron chi connectivity index (χ4n) is 2.39. The second-order valence-corrected chi connectivity index (χ2v) is 4.78. The third kappa shape index (κ3) is 2.70. The summed E-state index contributed by atoms with van der Waals surface area (Å²) in [6.45, 7) is 3.12. The van der Waals surface area contributed by atoms with Crippen LogP contribution in [-0.2, 0) is 9.59 Å². The average Bonchev–Trinajstić information content (AvgIpc) is 2.39. The fraction of sp³-hybridized carbons (Fsp3) is 0.429. The maximum absolute atomic E-state index is 11.3. The van der Waals surface area contributed by atoms with Crippen molar-refractivity contribution < 1.29 is 14.7 Å². The number of hydrogen-bond donors (Lipinski definition) is 1. The van der Waals surface area contributed by atoms with Gasteiger partial charge in [0.2, 0.25) is 0 Å². The molecule has 0 radical (unpaired) electrons. The molecule has 1 aliphatic heterocycles. The smallest absolute Gasteiger partial charge is 0.394 e. The van der Waals surface area contributed by atoms with Gasteiger partial charge in [-0.3, -0.25) is 4.79 Å². The van der Waals surface area contributed by atoms with Gasteiger partial charge in [-0.05, 0) is 31.2 Å². The van der Waals surface area contributed by atoms with E-state index in [1.54, 1.807) is 0 Å². The first-order valence-electron chi connectivity index (χ1n) is 6.16. The largest absolute Gasteiger partial charge is 0.474 e. The molecule has 0 aromatic heterocycles. The van der Waals surface area contributed by atoms with E-state index in [1.807, 2.05) is 0 Å². The molecule has 1 fully saturated rings. The van der Waals surface area contributed by atoms with E-state index in [2.05, 4.69) is 31.2 Å². The van der Waals surface area contributed by atoms with E-state index in [-0.39, 0.29) is 0 Å². The number of piperidine rings is 1. The van der Waals surface area contributed by atoms with Crippen LogP contribution in [0.15, 0.2) is 24.3 Å². The summed E-state index contributed by atoms with van der Waals surface area (Å²) in [7, 11) is 0. The number of rotatable bonds is 1. The summed E-state index contributed by atoms with van der Waals surface area (Å²) in [6.07, 6.45) is 1.67. The minimum Gasteiger partial charge on any atom is -0.474 e. The van der Waals surface area contributed by atoms with Gasteiger partial charge in [0.25, 0.3) is 0 Å². The van der Waals surface area contributed by atoms with Crippen molar-refractivity contribution >= 4 is 11.9 Å². The molecule has 2 rings (SSSR count). The van der Waals surface area contributed by atoms with Gasteiger partial charge in [-0.1, -0.05) is 29.8 Å². The van der Waals surface area contributed by atoms with E-state index in [9.17, 15) is 9.59 Å². The molecule has 1 aliphatic rings. The number of carbonyl (C=O) groups is 2. The van der Waals surface area contributed by atoms with Gasteiger partial charge < -0.3 is 10.0 Å². The van der Waals surface area contributed by atoms with Gasteiger partial charge in [0, 0.05) is 13.1 Å². The van der Waals surface area contributed by atoms with Crippen molar-refractivity contribution in [2.75, 3.05) is 13.1 Å². The molecule has 4 nitrogen and oxygen atoms in total. The van der Waals surface area contributed by atoms with E-state index in [0.29, 0.717) is 19.0 Å². The molecule has 0 saturated carbocycles. The van der Waals surface area contributed by atoms with Crippen LogP contribution in [0.1, 0.15) is 29.9 Å². The standard InChI is InChI=1S/C14H17NO3/c1-10-2-4-11(5-3-10)12-6-8-15(9-7-12)13(16)14(17)18/h2-5,12H,6-9H2,1H3,(H,17,18). The van der Waals surface area contributed by atoms with Crippen LogP contribution in [0.2, 0.25) is 0 Å². The van der Waals surface area contributed by atoms with Crippen LogP contribution < -0.4 is 0 Å². The van der Waals surface area contributed by atoms with E-state index in [1.165, 1.54) is 16.0 Å². The topological polar surface area (TPSA) is 57.6 Å². The molecule has 0 atom stereocenters. The number of carboxylic acid groups (broad SMARTS) is 1. The molecular formula is C14H17NO3. The van der Waals surface area contributed by atoms with Crippen LogP contribution in [0.5, 0.6) is 0 Å². The van der Waals surface area contributed by atoms with E-state index in [0.717, 1.165) is 12.8 Å². The van der Waals surface area contributed by atoms with Crippen LogP contribution in [0.4, 0.5) is 0 Å². The first-order chi connectivity index (χ1) is 8.58. The highest BCUT2D eigenvalue weighted by molar-refractivity contribution is 6.31. The highest BCUT2D eigenvalue weighted by Gasteiger charge is 2.27. The summed E-state index contributed by atoms with van der Waals surface area (Å²) < 4.78 is 0. The Hall–Kier alpha value is -1.84. The Morgan fingerprint density at radius 2 is 1.72 bits per heavy atom. The monoisotopic (exact) mass is 247 g/mol. The van der Waals surface area contributed by atoms with Gasteiger partial charge in [0.05, 0.1) is 0 Å².